The van der Waals surface area contributed by atoms with E-state index in [9.17, 15) is 4.39 Å². The Labute approximate surface area is 157 Å². The van der Waals surface area contributed by atoms with Crippen LogP contribution in [0.5, 0.6) is 5.75 Å². The predicted molar refractivity (Wildman–Crippen MR) is 104 cm³/mol. The van der Waals surface area contributed by atoms with Crippen molar-refractivity contribution in [2.24, 2.45) is 5.73 Å². The van der Waals surface area contributed by atoms with Crippen LogP contribution in [0.25, 0.3) is 16.6 Å². The largest absolute Gasteiger partial charge is 0.484 e. The molecule has 0 aliphatic heterocycles. The second-order valence-electron chi connectivity index (χ2n) is 6.56. The van der Waals surface area contributed by atoms with E-state index in [1.165, 1.54) is 12.1 Å². The molecule has 1 heterocycles. The summed E-state index contributed by atoms with van der Waals surface area (Å²) in [6.45, 7) is 1.93. The van der Waals surface area contributed by atoms with Crippen molar-refractivity contribution in [2.75, 3.05) is 0 Å². The van der Waals surface area contributed by atoms with Gasteiger partial charge in [-0.15, -0.1) is 0 Å². The lowest BCUT2D eigenvalue weighted by molar-refractivity contribution is 0.180. The fraction of sp³-hybridized carbons (Fsp3) is 0.136. The van der Waals surface area contributed by atoms with E-state index >= 15 is 0 Å². The van der Waals surface area contributed by atoms with Crippen LogP contribution in [0.4, 0.5) is 4.39 Å². The smallest absolute Gasteiger partial charge is 0.138 e. The van der Waals surface area contributed by atoms with Crippen LogP contribution in [-0.4, -0.2) is 15.8 Å². The molecule has 0 aliphatic rings. The van der Waals surface area contributed by atoms with Gasteiger partial charge >= 0.3 is 0 Å². The number of halogens is 1. The Morgan fingerprint density at radius 2 is 1.74 bits per heavy atom. The van der Waals surface area contributed by atoms with Gasteiger partial charge in [0.05, 0.1) is 17.4 Å². The van der Waals surface area contributed by atoms with Crippen LogP contribution < -0.4 is 10.5 Å². The molecule has 2 atom stereocenters. The van der Waals surface area contributed by atoms with Crippen molar-refractivity contribution in [2.45, 2.75) is 19.1 Å². The van der Waals surface area contributed by atoms with Gasteiger partial charge in [-0.25, -0.2) is 9.07 Å². The number of aromatic nitrogens is 2. The van der Waals surface area contributed by atoms with E-state index in [0.29, 0.717) is 0 Å². The zero-order valence-corrected chi connectivity index (χ0v) is 14.9. The van der Waals surface area contributed by atoms with Gasteiger partial charge in [-0.05, 0) is 55.0 Å². The van der Waals surface area contributed by atoms with Crippen molar-refractivity contribution in [3.8, 4) is 11.4 Å². The Morgan fingerprint density at radius 1 is 1.00 bits per heavy atom. The molecule has 136 valence electrons. The molecule has 27 heavy (non-hydrogen) atoms. The third kappa shape index (κ3) is 3.55. The second kappa shape index (κ2) is 7.21. The fourth-order valence-electron chi connectivity index (χ4n) is 3.14. The second-order valence-corrected chi connectivity index (χ2v) is 6.56. The van der Waals surface area contributed by atoms with Crippen LogP contribution >= 0.6 is 0 Å². The van der Waals surface area contributed by atoms with Crippen molar-refractivity contribution in [1.29, 1.82) is 0 Å². The van der Waals surface area contributed by atoms with Gasteiger partial charge in [0, 0.05) is 11.4 Å². The Bertz CT molecular complexity index is 1040. The van der Waals surface area contributed by atoms with E-state index in [-0.39, 0.29) is 18.0 Å². The molecule has 5 heteroatoms. The highest BCUT2D eigenvalue weighted by atomic mass is 19.1. The highest BCUT2D eigenvalue weighted by molar-refractivity contribution is 5.81. The average Bonchev–Trinajstić information content (AvgIpc) is 3.10. The molecular formula is C22H20FN3O. The maximum Gasteiger partial charge on any atom is 0.138 e. The van der Waals surface area contributed by atoms with E-state index in [4.69, 9.17) is 10.5 Å². The normalized spacial score (nSPS) is 13.4. The maximum atomic E-state index is 13.2. The average molecular weight is 361 g/mol. The van der Waals surface area contributed by atoms with E-state index in [1.807, 2.05) is 55.5 Å². The zero-order chi connectivity index (χ0) is 18.8. The summed E-state index contributed by atoms with van der Waals surface area (Å²) in [6.07, 6.45) is 1.53. The molecule has 0 amide bonds. The summed E-state index contributed by atoms with van der Waals surface area (Å²) in [6, 6.07) is 21.8. The Kier molecular flexibility index (Phi) is 4.60. The van der Waals surface area contributed by atoms with Crippen LogP contribution in [0, 0.1) is 5.82 Å². The number of hydrogen-bond donors (Lipinski definition) is 1. The molecule has 2 N–H and O–H groups in total. The molecule has 4 aromatic rings. The molecule has 0 bridgehead atoms. The summed E-state index contributed by atoms with van der Waals surface area (Å²) in [5.74, 6) is 0.459. The van der Waals surface area contributed by atoms with Crippen molar-refractivity contribution in [3.05, 3.63) is 90.4 Å². The number of nitrogens with zero attached hydrogens (tertiary/aromatic N) is 2. The molecule has 0 saturated heterocycles. The van der Waals surface area contributed by atoms with Gasteiger partial charge in [0.15, 0.2) is 0 Å². The minimum atomic E-state index is -0.270. The van der Waals surface area contributed by atoms with Crippen LogP contribution in [0.15, 0.2) is 79.0 Å². The molecule has 1 aromatic heterocycles. The number of ether oxygens (including phenoxy) is 1. The van der Waals surface area contributed by atoms with Crippen LogP contribution in [0.2, 0.25) is 0 Å². The predicted octanol–water partition coefficient (Wildman–Crippen LogP) is 4.63. The van der Waals surface area contributed by atoms with Crippen LogP contribution in [-0.2, 0) is 0 Å². The molecule has 0 saturated carbocycles. The first-order valence-electron chi connectivity index (χ1n) is 8.83. The highest BCUT2D eigenvalue weighted by Crippen LogP contribution is 2.28. The third-order valence-electron chi connectivity index (χ3n) is 4.48. The number of fused-ring (bicyclic) bond motifs is 1. The molecular weight excluding hydrogens is 341 g/mol. The highest BCUT2D eigenvalue weighted by Gasteiger charge is 2.18. The van der Waals surface area contributed by atoms with Crippen LogP contribution in [0.1, 0.15) is 18.6 Å². The number of rotatable bonds is 5. The van der Waals surface area contributed by atoms with E-state index in [1.54, 1.807) is 23.0 Å². The third-order valence-corrected chi connectivity index (χ3v) is 4.48. The van der Waals surface area contributed by atoms with Crippen molar-refractivity contribution in [3.63, 3.8) is 0 Å². The van der Waals surface area contributed by atoms with Gasteiger partial charge in [-0.2, -0.15) is 5.10 Å². The number of hydrogen-bond acceptors (Lipinski definition) is 3. The first kappa shape index (κ1) is 17.2. The summed E-state index contributed by atoms with van der Waals surface area (Å²) in [4.78, 5) is 0. The quantitative estimate of drug-likeness (QED) is 0.564. The molecule has 0 fully saturated rings. The lowest BCUT2D eigenvalue weighted by Gasteiger charge is -2.23. The van der Waals surface area contributed by atoms with Crippen LogP contribution in [0.3, 0.4) is 0 Å². The molecule has 4 rings (SSSR count). The topological polar surface area (TPSA) is 53.1 Å². The van der Waals surface area contributed by atoms with Gasteiger partial charge in [0.25, 0.3) is 0 Å². The summed E-state index contributed by atoms with van der Waals surface area (Å²) in [5, 5.41) is 5.36. The summed E-state index contributed by atoms with van der Waals surface area (Å²) in [5.41, 5.74) is 8.91. The molecule has 4 nitrogen and oxygen atoms in total. The molecule has 0 spiro atoms. The summed E-state index contributed by atoms with van der Waals surface area (Å²) < 4.78 is 21.1. The minimum absolute atomic E-state index is 0.162. The Balaban J connectivity index is 1.65. The molecule has 0 aliphatic carbocycles. The van der Waals surface area contributed by atoms with Crippen molar-refractivity contribution < 1.29 is 9.13 Å². The van der Waals surface area contributed by atoms with Gasteiger partial charge < -0.3 is 10.5 Å². The van der Waals surface area contributed by atoms with Gasteiger partial charge in [0.1, 0.15) is 17.7 Å². The summed E-state index contributed by atoms with van der Waals surface area (Å²) in [7, 11) is 0. The monoisotopic (exact) mass is 361 g/mol. The van der Waals surface area contributed by atoms with Gasteiger partial charge in [0.2, 0.25) is 0 Å². The zero-order valence-electron chi connectivity index (χ0n) is 14.9. The fourth-order valence-corrected chi connectivity index (χ4v) is 3.14. The summed E-state index contributed by atoms with van der Waals surface area (Å²) >= 11 is 0. The Morgan fingerprint density at radius 3 is 2.44 bits per heavy atom. The van der Waals surface area contributed by atoms with Crippen molar-refractivity contribution >= 4 is 10.9 Å². The first-order valence-corrected chi connectivity index (χ1v) is 8.83. The molecule has 3 aromatic carbocycles. The van der Waals surface area contributed by atoms with Gasteiger partial charge in [-0.1, -0.05) is 30.3 Å². The van der Waals surface area contributed by atoms with E-state index in [2.05, 4.69) is 5.10 Å². The van der Waals surface area contributed by atoms with Crippen molar-refractivity contribution in [1.82, 2.24) is 9.78 Å². The standard InChI is InChI=1S/C22H20FN3O/c1-15(24)22(16-5-3-2-4-6-16)27-20-11-12-21-17(13-20)14-25-26(21)19-9-7-18(23)8-10-19/h2-15,22H,24H2,1H3/t15-,22?/m0/s1. The van der Waals surface area contributed by atoms with E-state index < -0.39 is 0 Å². The lowest BCUT2D eigenvalue weighted by Crippen LogP contribution is -2.29. The first-order chi connectivity index (χ1) is 13.1. The number of benzene rings is 3. The molecule has 1 unspecified atom stereocenters. The molecule has 0 radical (unpaired) electrons. The minimum Gasteiger partial charge on any atom is -0.484 e. The maximum absolute atomic E-state index is 13.2. The number of nitrogens with two attached hydrogens (primary N) is 1. The van der Waals surface area contributed by atoms with E-state index in [0.717, 1.165) is 27.9 Å². The SMILES string of the molecule is C[C@H](N)C(Oc1ccc2c(cnn2-c2ccc(F)cc2)c1)c1ccccc1. The Hall–Kier alpha value is -3.18. The lowest BCUT2D eigenvalue weighted by atomic mass is 10.0. The van der Waals surface area contributed by atoms with Gasteiger partial charge in [-0.3, -0.25) is 0 Å².